The second kappa shape index (κ2) is 7.33. The number of amides is 3. The molecule has 8 heteroatoms. The van der Waals surface area contributed by atoms with Crippen LogP contribution < -0.4 is 5.32 Å². The number of halogens is 2. The van der Waals surface area contributed by atoms with Crippen molar-refractivity contribution in [3.05, 3.63) is 33.8 Å². The first-order chi connectivity index (χ1) is 11.5. The second-order valence-corrected chi connectivity index (χ2v) is 7.64. The molecule has 2 fully saturated rings. The van der Waals surface area contributed by atoms with Gasteiger partial charge in [-0.2, -0.15) is 0 Å². The second-order valence-electron chi connectivity index (χ2n) is 5.87. The maximum atomic E-state index is 12.5. The van der Waals surface area contributed by atoms with Gasteiger partial charge in [-0.25, -0.2) is 0 Å². The molecule has 2 aliphatic rings. The Morgan fingerprint density at radius 1 is 1.21 bits per heavy atom. The Bertz CT molecular complexity index is 682. The predicted octanol–water partition coefficient (Wildman–Crippen LogP) is 3.73. The van der Waals surface area contributed by atoms with Gasteiger partial charge in [-0.3, -0.25) is 19.3 Å². The van der Waals surface area contributed by atoms with Crippen LogP contribution in [0.15, 0.2) is 18.2 Å². The fourth-order valence-corrected chi connectivity index (χ4v) is 4.45. The van der Waals surface area contributed by atoms with Gasteiger partial charge in [0.25, 0.3) is 11.1 Å². The fourth-order valence-electron chi connectivity index (χ4n) is 3.19. The molecule has 3 rings (SSSR count). The Kier molecular flexibility index (Phi) is 5.37. The van der Waals surface area contributed by atoms with Gasteiger partial charge in [0, 0.05) is 5.02 Å². The maximum Gasteiger partial charge on any atom is 0.289 e. The highest BCUT2D eigenvalue weighted by Crippen LogP contribution is 2.30. The van der Waals surface area contributed by atoms with Crippen molar-refractivity contribution in [3.8, 4) is 0 Å². The topological polar surface area (TPSA) is 66.5 Å². The van der Waals surface area contributed by atoms with E-state index in [4.69, 9.17) is 23.2 Å². The van der Waals surface area contributed by atoms with Crippen molar-refractivity contribution >= 4 is 52.0 Å². The summed E-state index contributed by atoms with van der Waals surface area (Å²) in [6, 6.07) is 4.14. The van der Waals surface area contributed by atoms with E-state index in [0.717, 1.165) is 31.0 Å². The quantitative estimate of drug-likeness (QED) is 0.858. The van der Waals surface area contributed by atoms with E-state index < -0.39 is 0 Å². The van der Waals surface area contributed by atoms with Crippen LogP contribution in [-0.4, -0.2) is 39.8 Å². The molecule has 24 heavy (non-hydrogen) atoms. The Balaban J connectivity index is 1.77. The average Bonchev–Trinajstić information content (AvgIpc) is 2.87. The molecule has 0 bridgehead atoms. The number of nitrogens with zero attached hydrogens (tertiary/aromatic N) is 1. The molecule has 3 amide bonds. The van der Waals surface area contributed by atoms with E-state index in [-0.39, 0.29) is 39.9 Å². The Hall–Kier alpha value is -1.24. The molecular formula is C16H16Cl2N2O3S. The van der Waals surface area contributed by atoms with E-state index in [9.17, 15) is 14.4 Å². The lowest BCUT2D eigenvalue weighted by Gasteiger charge is -2.36. The van der Waals surface area contributed by atoms with Crippen LogP contribution in [0.3, 0.4) is 0 Å². The molecule has 5 nitrogen and oxygen atoms in total. The number of rotatable bonds is 3. The van der Waals surface area contributed by atoms with Gasteiger partial charge in [-0.15, -0.1) is 0 Å². The van der Waals surface area contributed by atoms with Crippen molar-refractivity contribution in [3.63, 3.8) is 0 Å². The number of hydrogen-bond acceptors (Lipinski definition) is 4. The molecule has 1 aromatic carbocycles. The van der Waals surface area contributed by atoms with Gasteiger partial charge in [0.05, 0.1) is 28.4 Å². The number of hydrogen-bond donors (Lipinski definition) is 1. The standard InChI is InChI=1S/C16H16Cl2N2O3S/c17-9-5-6-10(11(18)7-9)15(22)19-12-3-1-2-4-13(12)20-14(21)8-24-16(20)23/h5-7,12-13H,1-4,8H2,(H,19,22)/t12-,13-/m0/s1. The smallest absolute Gasteiger partial charge is 0.289 e. The molecule has 0 unspecified atom stereocenters. The van der Waals surface area contributed by atoms with Gasteiger partial charge in [0.2, 0.25) is 5.91 Å². The van der Waals surface area contributed by atoms with Gasteiger partial charge >= 0.3 is 0 Å². The first kappa shape index (κ1) is 17.6. The van der Waals surface area contributed by atoms with Crippen LogP contribution in [0.5, 0.6) is 0 Å². The van der Waals surface area contributed by atoms with Gasteiger partial charge in [-0.05, 0) is 31.0 Å². The number of thioether (sulfide) groups is 1. The predicted molar refractivity (Wildman–Crippen MR) is 94.7 cm³/mol. The van der Waals surface area contributed by atoms with Crippen LogP contribution in [0.1, 0.15) is 36.0 Å². The van der Waals surface area contributed by atoms with Gasteiger partial charge in [-0.1, -0.05) is 47.8 Å². The summed E-state index contributed by atoms with van der Waals surface area (Å²) < 4.78 is 0. The van der Waals surface area contributed by atoms with Crippen LogP contribution in [0.4, 0.5) is 4.79 Å². The zero-order chi connectivity index (χ0) is 17.3. The summed E-state index contributed by atoms with van der Waals surface area (Å²) in [7, 11) is 0. The van der Waals surface area contributed by atoms with Crippen LogP contribution in [0.25, 0.3) is 0 Å². The average molecular weight is 387 g/mol. The molecule has 2 atom stereocenters. The molecule has 1 aliphatic carbocycles. The highest BCUT2D eigenvalue weighted by Gasteiger charge is 2.41. The number of carbonyl (C=O) groups is 3. The number of nitrogens with one attached hydrogen (secondary N) is 1. The molecule has 0 radical (unpaired) electrons. The molecule has 128 valence electrons. The summed E-state index contributed by atoms with van der Waals surface area (Å²) in [4.78, 5) is 37.9. The lowest BCUT2D eigenvalue weighted by Crippen LogP contribution is -2.54. The zero-order valence-corrected chi connectivity index (χ0v) is 15.1. The summed E-state index contributed by atoms with van der Waals surface area (Å²) in [5, 5.41) is 3.45. The third-order valence-corrected chi connectivity index (χ3v) is 5.72. The molecule has 1 heterocycles. The van der Waals surface area contributed by atoms with E-state index in [1.54, 1.807) is 12.1 Å². The first-order valence-corrected chi connectivity index (χ1v) is 9.46. The van der Waals surface area contributed by atoms with Gasteiger partial charge < -0.3 is 5.32 Å². The largest absolute Gasteiger partial charge is 0.347 e. The van der Waals surface area contributed by atoms with Crippen molar-refractivity contribution in [1.82, 2.24) is 10.2 Å². The molecule has 1 N–H and O–H groups in total. The Morgan fingerprint density at radius 2 is 1.96 bits per heavy atom. The van der Waals surface area contributed by atoms with E-state index in [1.807, 2.05) is 0 Å². The third-order valence-electron chi connectivity index (χ3n) is 4.34. The summed E-state index contributed by atoms with van der Waals surface area (Å²) >= 11 is 13.0. The first-order valence-electron chi connectivity index (χ1n) is 7.72. The van der Waals surface area contributed by atoms with E-state index in [1.165, 1.54) is 11.0 Å². The van der Waals surface area contributed by atoms with Crippen molar-refractivity contribution in [2.24, 2.45) is 0 Å². The Morgan fingerprint density at radius 3 is 2.62 bits per heavy atom. The minimum absolute atomic E-state index is 0.180. The summed E-state index contributed by atoms with van der Waals surface area (Å²) in [5.41, 5.74) is 0.332. The lowest BCUT2D eigenvalue weighted by atomic mass is 9.89. The summed E-state index contributed by atoms with van der Waals surface area (Å²) in [6.07, 6.45) is 3.31. The maximum absolute atomic E-state index is 12.5. The number of benzene rings is 1. The SMILES string of the molecule is O=C(N[C@H]1CCCC[C@@H]1N1C(=O)CSC1=O)c1ccc(Cl)cc1Cl. The van der Waals surface area contributed by atoms with E-state index >= 15 is 0 Å². The molecule has 0 aromatic heterocycles. The van der Waals surface area contributed by atoms with E-state index in [2.05, 4.69) is 5.32 Å². The third kappa shape index (κ3) is 3.55. The van der Waals surface area contributed by atoms with Crippen LogP contribution in [0.2, 0.25) is 10.0 Å². The minimum Gasteiger partial charge on any atom is -0.347 e. The van der Waals surface area contributed by atoms with Crippen LogP contribution in [-0.2, 0) is 4.79 Å². The fraction of sp³-hybridized carbons (Fsp3) is 0.438. The summed E-state index contributed by atoms with van der Waals surface area (Å²) in [6.45, 7) is 0. The highest BCUT2D eigenvalue weighted by atomic mass is 35.5. The highest BCUT2D eigenvalue weighted by molar-refractivity contribution is 8.14. The normalized spacial score (nSPS) is 24.3. The van der Waals surface area contributed by atoms with Crippen molar-refractivity contribution in [1.29, 1.82) is 0 Å². The van der Waals surface area contributed by atoms with Gasteiger partial charge in [0.15, 0.2) is 0 Å². The number of carbonyl (C=O) groups excluding carboxylic acids is 3. The molecule has 1 aliphatic heterocycles. The molecule has 1 saturated carbocycles. The van der Waals surface area contributed by atoms with Crippen molar-refractivity contribution in [2.45, 2.75) is 37.8 Å². The molecular weight excluding hydrogens is 371 g/mol. The molecule has 1 saturated heterocycles. The van der Waals surface area contributed by atoms with Crippen LogP contribution in [0, 0.1) is 0 Å². The van der Waals surface area contributed by atoms with E-state index in [0.29, 0.717) is 17.0 Å². The van der Waals surface area contributed by atoms with Crippen molar-refractivity contribution in [2.75, 3.05) is 5.75 Å². The molecule has 0 spiro atoms. The monoisotopic (exact) mass is 386 g/mol. The molecule has 1 aromatic rings. The zero-order valence-electron chi connectivity index (χ0n) is 12.8. The number of imide groups is 1. The van der Waals surface area contributed by atoms with Crippen LogP contribution >= 0.6 is 35.0 Å². The van der Waals surface area contributed by atoms with Gasteiger partial charge in [0.1, 0.15) is 0 Å². The lowest BCUT2D eigenvalue weighted by molar-refractivity contribution is -0.127. The minimum atomic E-state index is -0.319. The summed E-state index contributed by atoms with van der Waals surface area (Å²) in [5.74, 6) is -0.320. The van der Waals surface area contributed by atoms with Crippen molar-refractivity contribution < 1.29 is 14.4 Å². The Labute approximate surface area is 154 Å².